The van der Waals surface area contributed by atoms with Crippen LogP contribution in [0.4, 0.5) is 0 Å². The van der Waals surface area contributed by atoms with E-state index in [-0.39, 0.29) is 0 Å². The molecule has 10 aromatic rings. The lowest BCUT2D eigenvalue weighted by molar-refractivity contribution is 1.17. The van der Waals surface area contributed by atoms with Crippen LogP contribution in [-0.2, 0) is 12.8 Å². The van der Waals surface area contributed by atoms with E-state index in [1.54, 1.807) is 0 Å². The van der Waals surface area contributed by atoms with Crippen molar-refractivity contribution in [2.45, 2.75) is 19.8 Å². The number of nitrogens with zero attached hydrogens (tertiary/aromatic N) is 2. The Bertz CT molecular complexity index is 3470. The Morgan fingerprint density at radius 2 is 0.949 bits per heavy atom. The van der Waals surface area contributed by atoms with Crippen LogP contribution < -0.4 is 0 Å². The Morgan fingerprint density at radius 1 is 0.458 bits per heavy atom. The lowest BCUT2D eigenvalue weighted by Crippen LogP contribution is -1.95. The molecule has 0 aliphatic heterocycles. The molecular formula is C57H40N2. The number of hydrogen-bond acceptors (Lipinski definition) is 0. The zero-order valence-electron chi connectivity index (χ0n) is 32.9. The molecule has 2 aromatic heterocycles. The van der Waals surface area contributed by atoms with Crippen LogP contribution in [0.1, 0.15) is 34.7 Å². The summed E-state index contributed by atoms with van der Waals surface area (Å²) in [6.45, 7) is 6.09. The van der Waals surface area contributed by atoms with E-state index >= 15 is 0 Å². The van der Waals surface area contributed by atoms with Crippen molar-refractivity contribution in [1.82, 2.24) is 9.13 Å². The molecule has 0 saturated carbocycles. The third kappa shape index (κ3) is 5.13. The Labute approximate surface area is 343 Å². The highest BCUT2D eigenvalue weighted by Crippen LogP contribution is 2.43. The Kier molecular flexibility index (Phi) is 7.46. The van der Waals surface area contributed by atoms with E-state index in [0.717, 1.165) is 18.4 Å². The molecule has 0 fully saturated rings. The van der Waals surface area contributed by atoms with Gasteiger partial charge in [0.15, 0.2) is 0 Å². The van der Waals surface area contributed by atoms with Crippen molar-refractivity contribution in [1.29, 1.82) is 0 Å². The van der Waals surface area contributed by atoms with Crippen LogP contribution in [0.5, 0.6) is 0 Å². The molecule has 2 heteroatoms. The van der Waals surface area contributed by atoms with Crippen molar-refractivity contribution in [2.75, 3.05) is 0 Å². The van der Waals surface area contributed by atoms with Crippen molar-refractivity contribution in [2.24, 2.45) is 0 Å². The number of para-hydroxylation sites is 1. The van der Waals surface area contributed by atoms with Gasteiger partial charge in [-0.1, -0.05) is 128 Å². The highest BCUT2D eigenvalue weighted by molar-refractivity contribution is 6.13. The topological polar surface area (TPSA) is 9.86 Å². The van der Waals surface area contributed by atoms with Gasteiger partial charge in [-0.15, -0.1) is 0 Å². The molecule has 0 saturated heterocycles. The molecule has 0 amide bonds. The molecule has 59 heavy (non-hydrogen) atoms. The van der Waals surface area contributed by atoms with Gasteiger partial charge in [0.25, 0.3) is 0 Å². The fraction of sp³-hybridized carbons (Fsp3) is 0.0526. The fourth-order valence-electron chi connectivity index (χ4n) is 10.1. The summed E-state index contributed by atoms with van der Waals surface area (Å²) in [7, 11) is 0. The predicted octanol–water partition coefficient (Wildman–Crippen LogP) is 14.8. The minimum Gasteiger partial charge on any atom is -0.309 e. The molecule has 278 valence electrons. The largest absolute Gasteiger partial charge is 0.309 e. The summed E-state index contributed by atoms with van der Waals surface area (Å²) in [6.07, 6.45) is 10.2. The average molecular weight is 753 g/mol. The maximum Gasteiger partial charge on any atom is 0.0541 e. The normalized spacial score (nSPS) is 13.1. The summed E-state index contributed by atoms with van der Waals surface area (Å²) in [4.78, 5) is 0. The molecule has 0 spiro atoms. The zero-order valence-corrected chi connectivity index (χ0v) is 32.9. The van der Waals surface area contributed by atoms with Crippen molar-refractivity contribution >= 4 is 49.2 Å². The second kappa shape index (κ2) is 13.1. The monoisotopic (exact) mass is 752 g/mol. The standard InChI is InChI=1S/C57H40N2/c1-3-11-36(12-4-2)37-21-26-56-52(31-37)53-33-39(23-28-57(53)59(56)45-25-20-43-30-41-14-6-8-16-47(41)50(43)35-45)38-22-27-55-51(32-38)48-17-9-10-18-54(48)58(55)44-24-19-42-29-40-13-5-7-15-46(40)49(42)34-44/h3-28,31-35H,1,29-30H2,2H3/b12-4-,36-11+. The van der Waals surface area contributed by atoms with E-state index in [4.69, 9.17) is 0 Å². The van der Waals surface area contributed by atoms with Crippen LogP contribution in [0.3, 0.4) is 0 Å². The van der Waals surface area contributed by atoms with Gasteiger partial charge in [0.05, 0.1) is 22.1 Å². The first-order valence-corrected chi connectivity index (χ1v) is 20.7. The van der Waals surface area contributed by atoms with Crippen LogP contribution in [0.25, 0.3) is 93.9 Å². The third-order valence-electron chi connectivity index (χ3n) is 12.8. The van der Waals surface area contributed by atoms with Crippen LogP contribution in [-0.4, -0.2) is 9.13 Å². The smallest absolute Gasteiger partial charge is 0.0541 e. The molecule has 0 atom stereocenters. The lowest BCUT2D eigenvalue weighted by atomic mass is 9.99. The SMILES string of the molecule is C=C/C=C(\C=C/C)c1ccc2c(c1)c1cc(-c3ccc4c(c3)c3ccccc3n4-c3ccc4c(c3)-c3ccccc3C4)ccc1n2-c1ccc2c(c1)-c1ccccc1C2. The van der Waals surface area contributed by atoms with E-state index in [1.165, 1.54) is 116 Å². The van der Waals surface area contributed by atoms with Gasteiger partial charge < -0.3 is 9.13 Å². The highest BCUT2D eigenvalue weighted by Gasteiger charge is 2.23. The molecule has 2 aliphatic carbocycles. The van der Waals surface area contributed by atoms with E-state index in [2.05, 4.69) is 205 Å². The van der Waals surface area contributed by atoms with Crippen molar-refractivity contribution in [3.63, 3.8) is 0 Å². The van der Waals surface area contributed by atoms with Crippen LogP contribution in [0.15, 0.2) is 195 Å². The average Bonchev–Trinajstić information content (AvgIpc) is 4.03. The number of rotatable bonds is 6. The Hall–Kier alpha value is -7.42. The lowest BCUT2D eigenvalue weighted by Gasteiger charge is -2.12. The molecule has 0 radical (unpaired) electrons. The van der Waals surface area contributed by atoms with Gasteiger partial charge in [-0.2, -0.15) is 0 Å². The van der Waals surface area contributed by atoms with Crippen molar-refractivity contribution in [3.8, 4) is 44.8 Å². The zero-order chi connectivity index (χ0) is 39.2. The van der Waals surface area contributed by atoms with Crippen LogP contribution in [0, 0.1) is 0 Å². The van der Waals surface area contributed by atoms with Crippen molar-refractivity contribution in [3.05, 3.63) is 222 Å². The van der Waals surface area contributed by atoms with Crippen LogP contribution >= 0.6 is 0 Å². The second-order valence-corrected chi connectivity index (χ2v) is 16.1. The first-order valence-electron chi connectivity index (χ1n) is 20.7. The van der Waals surface area contributed by atoms with Crippen LogP contribution in [0.2, 0.25) is 0 Å². The number of aromatic nitrogens is 2. The minimum atomic E-state index is 0.986. The molecule has 8 aromatic carbocycles. The van der Waals surface area contributed by atoms with E-state index < -0.39 is 0 Å². The maximum atomic E-state index is 4.02. The summed E-state index contributed by atoms with van der Waals surface area (Å²) >= 11 is 0. The summed E-state index contributed by atoms with van der Waals surface area (Å²) in [5.41, 5.74) is 22.9. The molecule has 12 rings (SSSR count). The Morgan fingerprint density at radius 3 is 1.54 bits per heavy atom. The number of benzene rings is 8. The van der Waals surface area contributed by atoms with Gasteiger partial charge >= 0.3 is 0 Å². The minimum absolute atomic E-state index is 0.986. The molecule has 0 bridgehead atoms. The molecule has 0 N–H and O–H groups in total. The summed E-state index contributed by atoms with van der Waals surface area (Å²) in [6, 6.07) is 61.6. The van der Waals surface area contributed by atoms with Gasteiger partial charge in [-0.25, -0.2) is 0 Å². The summed E-state index contributed by atoms with van der Waals surface area (Å²) < 4.78 is 4.90. The van der Waals surface area contributed by atoms with Gasteiger partial charge in [0.2, 0.25) is 0 Å². The summed E-state index contributed by atoms with van der Waals surface area (Å²) in [5.74, 6) is 0. The maximum absolute atomic E-state index is 4.02. The molecule has 2 aliphatic rings. The van der Waals surface area contributed by atoms with Gasteiger partial charge in [-0.3, -0.25) is 0 Å². The molecular weight excluding hydrogens is 713 g/mol. The Balaban J connectivity index is 1.04. The highest BCUT2D eigenvalue weighted by atomic mass is 15.0. The quantitative estimate of drug-likeness (QED) is 0.150. The molecule has 2 heterocycles. The van der Waals surface area contributed by atoms with Gasteiger partial charge in [0, 0.05) is 32.9 Å². The van der Waals surface area contributed by atoms with E-state index in [9.17, 15) is 0 Å². The van der Waals surface area contributed by atoms with Gasteiger partial charge in [0.1, 0.15) is 0 Å². The number of fused-ring (bicyclic) bond motifs is 12. The van der Waals surface area contributed by atoms with E-state index in [0.29, 0.717) is 0 Å². The fourth-order valence-corrected chi connectivity index (χ4v) is 10.1. The van der Waals surface area contributed by atoms with E-state index in [1.807, 2.05) is 6.08 Å². The van der Waals surface area contributed by atoms with Crippen molar-refractivity contribution < 1.29 is 0 Å². The van der Waals surface area contributed by atoms with Gasteiger partial charge in [-0.05, 0) is 153 Å². The first-order chi connectivity index (χ1) is 29.1. The number of allylic oxidation sites excluding steroid dienone is 5. The summed E-state index contributed by atoms with van der Waals surface area (Å²) in [5, 5.41) is 4.99. The number of hydrogen-bond donors (Lipinski definition) is 0. The first kappa shape index (κ1) is 33.7. The third-order valence-corrected chi connectivity index (χ3v) is 12.8. The predicted molar refractivity (Wildman–Crippen MR) is 250 cm³/mol. The molecule has 0 unspecified atom stereocenters. The second-order valence-electron chi connectivity index (χ2n) is 16.1. The molecule has 2 nitrogen and oxygen atoms in total.